The SMILES string of the molecule is CC1CCCCN1C(=N)n1cc(OC2CCC(NC(=O)NC(CC(=N)C(C)(C)C)=NCCO)c3ccccc32)ccc1=N. The van der Waals surface area contributed by atoms with E-state index in [1.54, 1.807) is 22.9 Å². The smallest absolute Gasteiger partial charge is 0.320 e. The molecule has 6 N–H and O–H groups in total. The number of aliphatic imine (C=N–C) groups is 1. The zero-order valence-electron chi connectivity index (χ0n) is 25.7. The normalized spacial score (nSPS) is 20.6. The van der Waals surface area contributed by atoms with Crippen LogP contribution in [0, 0.1) is 21.6 Å². The average molecular weight is 591 g/mol. The van der Waals surface area contributed by atoms with Gasteiger partial charge in [-0.15, -0.1) is 0 Å². The van der Waals surface area contributed by atoms with Gasteiger partial charge < -0.3 is 25.5 Å². The molecule has 1 saturated heterocycles. The highest BCUT2D eigenvalue weighted by Gasteiger charge is 2.30. The third kappa shape index (κ3) is 8.10. The van der Waals surface area contributed by atoms with Crippen molar-refractivity contribution < 1.29 is 14.6 Å². The van der Waals surface area contributed by atoms with E-state index in [1.807, 2.05) is 45.0 Å². The molecule has 0 radical (unpaired) electrons. The van der Waals surface area contributed by atoms with E-state index < -0.39 is 6.03 Å². The molecule has 0 saturated carbocycles. The number of hydrogen-bond donors (Lipinski definition) is 6. The third-order valence-electron chi connectivity index (χ3n) is 8.15. The van der Waals surface area contributed by atoms with Crippen molar-refractivity contribution in [1.82, 2.24) is 20.1 Å². The highest BCUT2D eigenvalue weighted by molar-refractivity contribution is 6.09. The number of amidine groups is 1. The van der Waals surface area contributed by atoms with Crippen LogP contribution < -0.4 is 20.9 Å². The van der Waals surface area contributed by atoms with Crippen LogP contribution in [0.15, 0.2) is 47.6 Å². The van der Waals surface area contributed by atoms with Crippen LogP contribution >= 0.6 is 0 Å². The summed E-state index contributed by atoms with van der Waals surface area (Å²) in [5.74, 6) is 1.23. The number of amides is 2. The van der Waals surface area contributed by atoms with E-state index in [0.717, 1.165) is 36.9 Å². The van der Waals surface area contributed by atoms with Crippen LogP contribution in [0.3, 0.4) is 0 Å². The Bertz CT molecular complexity index is 1410. The number of rotatable bonds is 7. The molecule has 4 rings (SSSR count). The Hall–Kier alpha value is -3.99. The summed E-state index contributed by atoms with van der Waals surface area (Å²) in [6.45, 7) is 8.76. The summed E-state index contributed by atoms with van der Waals surface area (Å²) in [5.41, 5.74) is 2.25. The molecule has 1 aliphatic heterocycles. The number of fused-ring (bicyclic) bond motifs is 1. The molecule has 1 fully saturated rings. The van der Waals surface area contributed by atoms with Crippen LogP contribution in [0.5, 0.6) is 5.75 Å². The number of carbonyl (C=O) groups excluding carboxylic acids is 1. The van der Waals surface area contributed by atoms with Gasteiger partial charge in [-0.1, -0.05) is 45.0 Å². The molecule has 0 spiro atoms. The first-order valence-electron chi connectivity index (χ1n) is 15.2. The zero-order chi connectivity index (χ0) is 31.1. The second kappa shape index (κ2) is 14.0. The van der Waals surface area contributed by atoms with Gasteiger partial charge in [-0.2, -0.15) is 0 Å². The van der Waals surface area contributed by atoms with Crippen molar-refractivity contribution in [1.29, 1.82) is 16.2 Å². The molecule has 1 aliphatic carbocycles. The van der Waals surface area contributed by atoms with E-state index in [4.69, 9.17) is 21.0 Å². The fraction of sp³-hybridized carbons (Fsp3) is 0.531. The lowest BCUT2D eigenvalue weighted by Gasteiger charge is -2.36. The Morgan fingerprint density at radius 2 is 1.84 bits per heavy atom. The largest absolute Gasteiger partial charge is 0.484 e. The molecule has 1 aromatic heterocycles. The number of urea groups is 1. The molecule has 0 bridgehead atoms. The number of benzene rings is 1. The number of nitrogens with one attached hydrogen (secondary N) is 5. The lowest BCUT2D eigenvalue weighted by Crippen LogP contribution is -2.47. The predicted octanol–water partition coefficient (Wildman–Crippen LogP) is 4.73. The number of likely N-dealkylation sites (tertiary alicyclic amines) is 1. The first-order valence-corrected chi connectivity index (χ1v) is 15.2. The van der Waals surface area contributed by atoms with Gasteiger partial charge in [-0.3, -0.25) is 25.7 Å². The van der Waals surface area contributed by atoms with Crippen molar-refractivity contribution in [3.8, 4) is 5.75 Å². The number of ether oxygens (including phenoxy) is 1. The van der Waals surface area contributed by atoms with Crippen LogP contribution in [-0.4, -0.2) is 63.8 Å². The molecule has 3 unspecified atom stereocenters. The third-order valence-corrected chi connectivity index (χ3v) is 8.15. The maximum absolute atomic E-state index is 13.1. The first kappa shape index (κ1) is 31.9. The summed E-state index contributed by atoms with van der Waals surface area (Å²) < 4.78 is 8.04. The van der Waals surface area contributed by atoms with Gasteiger partial charge in [0, 0.05) is 24.7 Å². The van der Waals surface area contributed by atoms with Crippen molar-refractivity contribution >= 4 is 23.5 Å². The van der Waals surface area contributed by atoms with Crippen molar-refractivity contribution in [3.05, 3.63) is 59.2 Å². The van der Waals surface area contributed by atoms with Gasteiger partial charge in [0.05, 0.1) is 25.4 Å². The van der Waals surface area contributed by atoms with Gasteiger partial charge in [0.1, 0.15) is 23.2 Å². The minimum absolute atomic E-state index is 0.143. The molecule has 11 nitrogen and oxygen atoms in total. The molecule has 2 aromatic rings. The average Bonchev–Trinajstić information content (AvgIpc) is 2.97. The number of aliphatic hydroxyl groups excluding tert-OH is 1. The van der Waals surface area contributed by atoms with Crippen molar-refractivity contribution in [3.63, 3.8) is 0 Å². The molecule has 3 atom stereocenters. The van der Waals surface area contributed by atoms with Gasteiger partial charge in [0.2, 0.25) is 5.96 Å². The summed E-state index contributed by atoms with van der Waals surface area (Å²) in [7, 11) is 0. The quantitative estimate of drug-likeness (QED) is 0.203. The van der Waals surface area contributed by atoms with E-state index in [2.05, 4.69) is 27.4 Å². The second-order valence-electron chi connectivity index (χ2n) is 12.4. The number of hydrogen-bond acceptors (Lipinski definition) is 7. The fourth-order valence-electron chi connectivity index (χ4n) is 5.55. The molecular weight excluding hydrogens is 544 g/mol. The van der Waals surface area contributed by atoms with Gasteiger partial charge in [-0.25, -0.2) is 4.79 Å². The van der Waals surface area contributed by atoms with Gasteiger partial charge in [-0.05, 0) is 67.7 Å². The van der Waals surface area contributed by atoms with Gasteiger partial charge >= 0.3 is 6.03 Å². The van der Waals surface area contributed by atoms with Crippen molar-refractivity contribution in [2.75, 3.05) is 19.7 Å². The molecule has 2 aliphatic rings. The maximum atomic E-state index is 13.1. The Balaban J connectivity index is 1.47. The first-order chi connectivity index (χ1) is 20.5. The summed E-state index contributed by atoms with van der Waals surface area (Å²) in [6, 6.07) is 10.9. The predicted molar refractivity (Wildman–Crippen MR) is 168 cm³/mol. The fourth-order valence-corrected chi connectivity index (χ4v) is 5.55. The standard InChI is InChI=1S/C32H46N8O3/c1-21-9-7-8-17-39(21)30(35)40-20-22(12-15-28(40)34)43-26-14-13-25(23-10-5-6-11-24(23)26)37-31(42)38-29(36-16-18-41)19-27(33)32(2,3)4/h5-6,10-12,15,20-21,25-26,33-35,41H,7-9,13-14,16-19H2,1-4H3,(H2,36,37,38,42). The second-order valence-corrected chi connectivity index (χ2v) is 12.4. The number of carbonyl (C=O) groups is 1. The Morgan fingerprint density at radius 1 is 1.09 bits per heavy atom. The zero-order valence-corrected chi connectivity index (χ0v) is 25.7. The Morgan fingerprint density at radius 3 is 2.53 bits per heavy atom. The highest BCUT2D eigenvalue weighted by Crippen LogP contribution is 2.38. The molecule has 11 heteroatoms. The van der Waals surface area contributed by atoms with Crippen LogP contribution in [0.2, 0.25) is 0 Å². The minimum atomic E-state index is -0.407. The van der Waals surface area contributed by atoms with E-state index in [0.29, 0.717) is 36.1 Å². The number of nitrogens with zero attached hydrogens (tertiary/aromatic N) is 3. The molecule has 232 valence electrons. The maximum Gasteiger partial charge on any atom is 0.320 e. The molecule has 43 heavy (non-hydrogen) atoms. The van der Waals surface area contributed by atoms with E-state index in [1.165, 1.54) is 0 Å². The molecule has 2 heterocycles. The van der Waals surface area contributed by atoms with Gasteiger partial charge in [0.25, 0.3) is 0 Å². The van der Waals surface area contributed by atoms with E-state index in [9.17, 15) is 9.90 Å². The summed E-state index contributed by atoms with van der Waals surface area (Å²) in [4.78, 5) is 19.4. The molecule has 2 amide bonds. The number of piperidine rings is 1. The van der Waals surface area contributed by atoms with Crippen LogP contribution in [-0.2, 0) is 0 Å². The van der Waals surface area contributed by atoms with Gasteiger partial charge in [0.15, 0.2) is 0 Å². The van der Waals surface area contributed by atoms with Crippen molar-refractivity contribution in [2.45, 2.75) is 84.4 Å². The van der Waals surface area contributed by atoms with Crippen LogP contribution in [0.1, 0.15) is 89.5 Å². The van der Waals surface area contributed by atoms with Crippen LogP contribution in [0.4, 0.5) is 4.79 Å². The summed E-state index contributed by atoms with van der Waals surface area (Å²) in [6.07, 6.45) is 6.22. The molecule has 1 aromatic carbocycles. The van der Waals surface area contributed by atoms with E-state index in [-0.39, 0.29) is 48.7 Å². The number of pyridine rings is 1. The summed E-state index contributed by atoms with van der Waals surface area (Å²) >= 11 is 0. The number of aromatic nitrogens is 1. The molecular formula is C32H46N8O3. The van der Waals surface area contributed by atoms with Crippen molar-refractivity contribution in [2.24, 2.45) is 10.4 Å². The van der Waals surface area contributed by atoms with Crippen LogP contribution in [0.25, 0.3) is 0 Å². The highest BCUT2D eigenvalue weighted by atomic mass is 16.5. The lowest BCUT2D eigenvalue weighted by molar-refractivity contribution is 0.170. The summed E-state index contributed by atoms with van der Waals surface area (Å²) in [5, 5.41) is 40.7. The van der Waals surface area contributed by atoms with E-state index >= 15 is 0 Å². The topological polar surface area (TPSA) is 163 Å². The number of aliphatic hydroxyl groups is 1. The Kier molecular flexibility index (Phi) is 10.4. The minimum Gasteiger partial charge on any atom is -0.484 e. The monoisotopic (exact) mass is 590 g/mol. The Labute approximate surface area is 253 Å². The lowest BCUT2D eigenvalue weighted by atomic mass is 9.85.